The van der Waals surface area contributed by atoms with E-state index >= 15 is 0 Å². The number of rotatable bonds is 3. The molecular formula is C21H14O3S. The van der Waals surface area contributed by atoms with Crippen molar-refractivity contribution in [1.29, 1.82) is 0 Å². The fourth-order valence-electron chi connectivity index (χ4n) is 3.52. The third kappa shape index (κ3) is 2.07. The first-order chi connectivity index (χ1) is 12.0. The average molecular weight is 346 g/mol. The molecule has 0 amide bonds. The van der Waals surface area contributed by atoms with Gasteiger partial charge < -0.3 is 4.18 Å². The Morgan fingerprint density at radius 1 is 0.760 bits per heavy atom. The third-order valence-corrected chi connectivity index (χ3v) is 6.01. The van der Waals surface area contributed by atoms with E-state index in [9.17, 15) is 8.42 Å². The molecule has 3 aromatic rings. The molecule has 122 valence electrons. The minimum atomic E-state index is -3.86. The molecule has 4 heteroatoms. The molecule has 3 nitrogen and oxygen atoms in total. The van der Waals surface area contributed by atoms with Crippen LogP contribution in [0.15, 0.2) is 53.4 Å². The van der Waals surface area contributed by atoms with Crippen LogP contribution in [0.1, 0.15) is 5.56 Å². The van der Waals surface area contributed by atoms with Gasteiger partial charge in [0.2, 0.25) is 0 Å². The summed E-state index contributed by atoms with van der Waals surface area (Å²) in [5.41, 5.74) is 1.00. The first kappa shape index (κ1) is 14.5. The molecule has 0 unspecified atom stereocenters. The van der Waals surface area contributed by atoms with Crippen molar-refractivity contribution in [2.45, 2.75) is 11.8 Å². The predicted octanol–water partition coefficient (Wildman–Crippen LogP) is 1.03. The molecule has 0 N–H and O–H groups in total. The first-order valence-electron chi connectivity index (χ1n) is 8.04. The molecule has 0 saturated heterocycles. The van der Waals surface area contributed by atoms with Crippen LogP contribution in [-0.4, -0.2) is 8.42 Å². The monoisotopic (exact) mass is 346 g/mol. The summed E-state index contributed by atoms with van der Waals surface area (Å²) in [4.78, 5) is 0.162. The van der Waals surface area contributed by atoms with Crippen LogP contribution >= 0.6 is 0 Å². The van der Waals surface area contributed by atoms with E-state index in [4.69, 9.17) is 4.18 Å². The Balaban J connectivity index is 1.72. The molecule has 0 heterocycles. The number of hydrogen-bond acceptors (Lipinski definition) is 3. The lowest BCUT2D eigenvalue weighted by Gasteiger charge is -2.07. The van der Waals surface area contributed by atoms with E-state index in [0.717, 1.165) is 37.2 Å². The Hall–Kier alpha value is -2.85. The zero-order valence-electron chi connectivity index (χ0n) is 13.5. The highest BCUT2D eigenvalue weighted by Crippen LogP contribution is 2.19. The highest BCUT2D eigenvalue weighted by molar-refractivity contribution is 7.87. The molecule has 0 aliphatic heterocycles. The Morgan fingerprint density at radius 3 is 2.12 bits per heavy atom. The van der Waals surface area contributed by atoms with Crippen LogP contribution in [0, 0.1) is 6.92 Å². The molecule has 0 fully saturated rings. The second kappa shape index (κ2) is 4.83. The molecule has 0 radical (unpaired) electrons. The number of benzene rings is 3. The van der Waals surface area contributed by atoms with Crippen LogP contribution in [-0.2, 0) is 14.3 Å². The second-order valence-corrected chi connectivity index (χ2v) is 7.94. The van der Waals surface area contributed by atoms with Crippen molar-refractivity contribution >= 4 is 44.9 Å². The van der Waals surface area contributed by atoms with E-state index in [2.05, 4.69) is 18.2 Å². The van der Waals surface area contributed by atoms with Gasteiger partial charge >= 0.3 is 10.1 Å². The summed E-state index contributed by atoms with van der Waals surface area (Å²) in [5, 5.41) is 6.37. The lowest BCUT2D eigenvalue weighted by molar-refractivity contribution is 0.467. The van der Waals surface area contributed by atoms with Crippen molar-refractivity contribution in [2.75, 3.05) is 0 Å². The summed E-state index contributed by atoms with van der Waals surface area (Å²) in [6.07, 6.45) is 5.97. The maximum atomic E-state index is 12.6. The van der Waals surface area contributed by atoms with Crippen molar-refractivity contribution in [2.24, 2.45) is 0 Å². The van der Waals surface area contributed by atoms with Crippen LogP contribution in [0.2, 0.25) is 0 Å². The molecule has 0 spiro atoms. The van der Waals surface area contributed by atoms with Crippen LogP contribution in [0.25, 0.3) is 34.8 Å². The molecule has 2 aliphatic carbocycles. The molecular weight excluding hydrogens is 332 g/mol. The van der Waals surface area contributed by atoms with Crippen molar-refractivity contribution in [3.63, 3.8) is 0 Å². The highest BCUT2D eigenvalue weighted by Gasteiger charge is 2.20. The topological polar surface area (TPSA) is 43.4 Å². The zero-order chi connectivity index (χ0) is 17.2. The molecule has 0 atom stereocenters. The normalized spacial score (nSPS) is 14.2. The highest BCUT2D eigenvalue weighted by atomic mass is 32.2. The van der Waals surface area contributed by atoms with Gasteiger partial charge in [0.1, 0.15) is 4.90 Å². The van der Waals surface area contributed by atoms with Crippen molar-refractivity contribution < 1.29 is 12.6 Å². The molecule has 5 rings (SSSR count). The van der Waals surface area contributed by atoms with Crippen molar-refractivity contribution in [3.05, 3.63) is 75.0 Å². The standard InChI is InChI=1S/C21H14O3S/c1-13-2-9-17(10-3-13)25(22,23)24-19-12-16-7-6-14-4-5-15-8-11-18(19)21(16)20(14)15/h2-12H,1H3. The average Bonchev–Trinajstić information content (AvgIpc) is 3.15. The molecule has 25 heavy (non-hydrogen) atoms. The second-order valence-electron chi connectivity index (χ2n) is 6.39. The molecule has 0 saturated carbocycles. The zero-order valence-corrected chi connectivity index (χ0v) is 14.3. The summed E-state index contributed by atoms with van der Waals surface area (Å²) in [6, 6.07) is 14.7. The quantitative estimate of drug-likeness (QED) is 0.666. The van der Waals surface area contributed by atoms with E-state index in [1.165, 1.54) is 0 Å². The largest absolute Gasteiger partial charge is 0.378 e. The van der Waals surface area contributed by atoms with Crippen LogP contribution < -0.4 is 20.9 Å². The maximum absolute atomic E-state index is 12.6. The van der Waals surface area contributed by atoms with E-state index in [0.29, 0.717) is 5.76 Å². The molecule has 0 aromatic heterocycles. The Labute approximate surface area is 144 Å². The van der Waals surface area contributed by atoms with Gasteiger partial charge in [-0.2, -0.15) is 8.42 Å². The van der Waals surface area contributed by atoms with E-state index < -0.39 is 10.1 Å². The summed E-state index contributed by atoms with van der Waals surface area (Å²) >= 11 is 0. The van der Waals surface area contributed by atoms with Crippen molar-refractivity contribution in [1.82, 2.24) is 0 Å². The fraction of sp³-hybridized carbons (Fsp3) is 0.0476. The smallest absolute Gasteiger partial charge is 0.339 e. The Kier molecular flexibility index (Phi) is 2.80. The van der Waals surface area contributed by atoms with Crippen LogP contribution in [0.3, 0.4) is 0 Å². The molecule has 3 aromatic carbocycles. The summed E-state index contributed by atoms with van der Waals surface area (Å²) in [7, 11) is -3.86. The van der Waals surface area contributed by atoms with Gasteiger partial charge in [-0.15, -0.1) is 0 Å². The van der Waals surface area contributed by atoms with E-state index in [1.54, 1.807) is 24.3 Å². The minimum Gasteiger partial charge on any atom is -0.378 e. The summed E-state index contributed by atoms with van der Waals surface area (Å²) in [6.45, 7) is 1.92. The number of aryl methyl sites for hydroxylation is 1. The lowest BCUT2D eigenvalue weighted by atomic mass is 10.1. The first-order valence-corrected chi connectivity index (χ1v) is 9.45. The lowest BCUT2D eigenvalue weighted by Crippen LogP contribution is -2.20. The Bertz CT molecular complexity index is 1390. The van der Waals surface area contributed by atoms with Crippen LogP contribution in [0.5, 0.6) is 0 Å². The predicted molar refractivity (Wildman–Crippen MR) is 98.7 cm³/mol. The van der Waals surface area contributed by atoms with E-state index in [1.807, 2.05) is 31.2 Å². The number of hydrogen-bond donors (Lipinski definition) is 0. The van der Waals surface area contributed by atoms with Gasteiger partial charge in [-0.1, -0.05) is 48.0 Å². The molecule has 2 aliphatic rings. The van der Waals surface area contributed by atoms with Gasteiger partial charge in [0.15, 0.2) is 5.76 Å². The van der Waals surface area contributed by atoms with Gasteiger partial charge in [0.05, 0.1) is 0 Å². The maximum Gasteiger partial charge on any atom is 0.339 e. The van der Waals surface area contributed by atoms with Crippen molar-refractivity contribution in [3.8, 4) is 0 Å². The Morgan fingerprint density at radius 2 is 1.40 bits per heavy atom. The van der Waals surface area contributed by atoms with Gasteiger partial charge in [-0.05, 0) is 52.2 Å². The van der Waals surface area contributed by atoms with Gasteiger partial charge in [0.25, 0.3) is 0 Å². The minimum absolute atomic E-state index is 0.162. The molecule has 0 bridgehead atoms. The fourth-order valence-corrected chi connectivity index (χ4v) is 4.46. The summed E-state index contributed by atoms with van der Waals surface area (Å²) < 4.78 is 30.8. The van der Waals surface area contributed by atoms with Gasteiger partial charge in [-0.25, -0.2) is 0 Å². The van der Waals surface area contributed by atoms with Crippen LogP contribution in [0.4, 0.5) is 0 Å². The summed E-state index contributed by atoms with van der Waals surface area (Å²) in [5.74, 6) is 0.381. The third-order valence-electron chi connectivity index (χ3n) is 4.76. The SMILES string of the molecule is Cc1ccc(S(=O)(=O)OC2=c3ccc4c5c(ccc(c35)=C2)=CC=4)cc1. The van der Waals surface area contributed by atoms with Gasteiger partial charge in [0, 0.05) is 10.6 Å². The van der Waals surface area contributed by atoms with Gasteiger partial charge in [-0.3, -0.25) is 0 Å². The van der Waals surface area contributed by atoms with E-state index in [-0.39, 0.29) is 4.90 Å².